The van der Waals surface area contributed by atoms with Crippen LogP contribution in [0, 0.1) is 5.92 Å². The fourth-order valence-corrected chi connectivity index (χ4v) is 4.02. The summed E-state index contributed by atoms with van der Waals surface area (Å²) in [5.74, 6) is 6.61. The summed E-state index contributed by atoms with van der Waals surface area (Å²) in [6.45, 7) is 4.47. The molecule has 0 aromatic carbocycles. The Morgan fingerprint density at radius 3 is 2.78 bits per heavy atom. The largest absolute Gasteiger partial charge is 0.401 e. The molecule has 3 aromatic heterocycles. The number of hydrogen-bond donors (Lipinski definition) is 2. The van der Waals surface area contributed by atoms with Gasteiger partial charge in [-0.15, -0.1) is 0 Å². The summed E-state index contributed by atoms with van der Waals surface area (Å²) < 4.78 is 7.89. The second-order valence-electron chi connectivity index (χ2n) is 7.29. The fourth-order valence-electron chi connectivity index (χ4n) is 4.02. The van der Waals surface area contributed by atoms with E-state index >= 15 is 0 Å². The number of hydrogen-bond acceptors (Lipinski definition) is 6. The topological polar surface area (TPSA) is 95.2 Å². The van der Waals surface area contributed by atoms with Crippen LogP contribution in [-0.2, 0) is 11.3 Å². The summed E-state index contributed by atoms with van der Waals surface area (Å²) >= 11 is 0. The molecule has 0 radical (unpaired) electrons. The maximum Gasteiger partial charge on any atom is 0.0975 e. The maximum absolute atomic E-state index is 6.08. The second-order valence-corrected chi connectivity index (χ2v) is 7.29. The third-order valence-corrected chi connectivity index (χ3v) is 5.28. The Balaban J connectivity index is 1.89. The monoisotopic (exact) mass is 366 g/mol. The highest BCUT2D eigenvalue weighted by molar-refractivity contribution is 6.05. The highest BCUT2D eigenvalue weighted by atomic mass is 16.5. The van der Waals surface area contributed by atoms with Gasteiger partial charge in [0, 0.05) is 62.0 Å². The van der Waals surface area contributed by atoms with Crippen molar-refractivity contribution in [3.8, 4) is 0 Å². The van der Waals surface area contributed by atoms with E-state index in [1.807, 2.05) is 25.5 Å². The van der Waals surface area contributed by atoms with Crippen LogP contribution in [0.3, 0.4) is 0 Å². The molecule has 0 bridgehead atoms. The highest BCUT2D eigenvalue weighted by Gasteiger charge is 2.20. The molecule has 1 aliphatic rings. The Kier molecular flexibility index (Phi) is 4.72. The molecule has 1 saturated heterocycles. The molecule has 4 N–H and O–H groups in total. The molecule has 0 unspecified atom stereocenters. The van der Waals surface area contributed by atoms with Crippen molar-refractivity contribution in [1.29, 1.82) is 0 Å². The lowest BCUT2D eigenvalue weighted by atomic mass is 10.0. The number of rotatable bonds is 4. The van der Waals surface area contributed by atoms with Crippen molar-refractivity contribution in [2.75, 3.05) is 20.3 Å². The first-order valence-corrected chi connectivity index (χ1v) is 9.31. The highest BCUT2D eigenvalue weighted by Crippen LogP contribution is 2.31. The molecule has 4 rings (SSSR count). The first kappa shape index (κ1) is 17.8. The van der Waals surface area contributed by atoms with Gasteiger partial charge in [0.05, 0.1) is 22.2 Å². The Hall–Kier alpha value is -2.64. The van der Waals surface area contributed by atoms with Crippen LogP contribution in [0.25, 0.3) is 27.6 Å². The minimum absolute atomic E-state index is 0.595. The van der Waals surface area contributed by atoms with Crippen LogP contribution in [0.1, 0.15) is 25.3 Å². The van der Waals surface area contributed by atoms with Crippen LogP contribution in [-0.4, -0.2) is 39.8 Å². The predicted molar refractivity (Wildman–Crippen MR) is 107 cm³/mol. The van der Waals surface area contributed by atoms with E-state index in [2.05, 4.69) is 21.7 Å². The maximum atomic E-state index is 6.08. The molecule has 7 nitrogen and oxygen atoms in total. The molecule has 1 aliphatic heterocycles. The van der Waals surface area contributed by atoms with E-state index in [0.29, 0.717) is 11.6 Å². The summed E-state index contributed by atoms with van der Waals surface area (Å²) in [5, 5.41) is 2.62. The lowest BCUT2D eigenvalue weighted by Crippen LogP contribution is -2.26. The molecule has 142 valence electrons. The van der Waals surface area contributed by atoms with Crippen molar-refractivity contribution in [1.82, 2.24) is 19.5 Å². The van der Waals surface area contributed by atoms with Gasteiger partial charge in [-0.1, -0.05) is 0 Å². The van der Waals surface area contributed by atoms with Gasteiger partial charge in [-0.3, -0.25) is 9.97 Å². The zero-order valence-electron chi connectivity index (χ0n) is 15.9. The summed E-state index contributed by atoms with van der Waals surface area (Å²) in [7, 11) is 1.79. The summed E-state index contributed by atoms with van der Waals surface area (Å²) in [4.78, 5) is 9.06. The predicted octanol–water partition coefficient (Wildman–Crippen LogP) is 2.46. The van der Waals surface area contributed by atoms with E-state index in [-0.39, 0.29) is 0 Å². The average molecular weight is 366 g/mol. The van der Waals surface area contributed by atoms with Crippen molar-refractivity contribution in [2.45, 2.75) is 26.3 Å². The molecule has 1 fully saturated rings. The van der Waals surface area contributed by atoms with Crippen molar-refractivity contribution < 1.29 is 4.74 Å². The van der Waals surface area contributed by atoms with Crippen LogP contribution in [0.4, 0.5) is 0 Å². The third-order valence-electron chi connectivity index (χ3n) is 5.28. The van der Waals surface area contributed by atoms with Crippen molar-refractivity contribution in [3.63, 3.8) is 0 Å². The van der Waals surface area contributed by atoms with E-state index in [4.69, 9.17) is 21.3 Å². The van der Waals surface area contributed by atoms with Crippen molar-refractivity contribution in [3.05, 3.63) is 42.0 Å². The van der Waals surface area contributed by atoms with Gasteiger partial charge in [-0.05, 0) is 37.8 Å². The molecular formula is C20H26N6O. The van der Waals surface area contributed by atoms with Gasteiger partial charge >= 0.3 is 0 Å². The van der Waals surface area contributed by atoms with Crippen LogP contribution in [0.5, 0.6) is 0 Å². The first-order valence-electron chi connectivity index (χ1n) is 9.31. The van der Waals surface area contributed by atoms with Gasteiger partial charge in [-0.25, -0.2) is 5.84 Å². The number of pyridine rings is 2. The Morgan fingerprint density at radius 2 is 2.07 bits per heavy atom. The summed E-state index contributed by atoms with van der Waals surface area (Å²) in [6, 6.07) is 4.20. The number of aromatic nitrogens is 3. The first-order chi connectivity index (χ1) is 13.1. The van der Waals surface area contributed by atoms with E-state index in [1.54, 1.807) is 12.1 Å². The van der Waals surface area contributed by atoms with Crippen LogP contribution < -0.4 is 11.6 Å². The molecule has 0 amide bonds. The summed E-state index contributed by atoms with van der Waals surface area (Å²) in [5.41, 5.74) is 11.6. The number of nitrogens with zero attached hydrogens (tertiary/aromatic N) is 4. The van der Waals surface area contributed by atoms with Crippen LogP contribution in [0.2, 0.25) is 0 Å². The van der Waals surface area contributed by atoms with Crippen molar-refractivity contribution in [2.24, 2.45) is 17.5 Å². The van der Waals surface area contributed by atoms with Crippen LogP contribution in [0.15, 0.2) is 36.4 Å². The molecule has 3 aromatic rings. The zero-order valence-corrected chi connectivity index (χ0v) is 15.9. The number of fused-ring (bicyclic) bond motifs is 3. The lowest BCUT2D eigenvalue weighted by Gasteiger charge is -2.23. The zero-order chi connectivity index (χ0) is 19.0. The average Bonchev–Trinajstić information content (AvgIpc) is 2.96. The Labute approximate surface area is 158 Å². The van der Waals surface area contributed by atoms with E-state index in [0.717, 1.165) is 65.8 Å². The molecule has 7 heteroatoms. The number of hydrazine groups is 1. The summed E-state index contributed by atoms with van der Waals surface area (Å²) in [6.07, 6.45) is 7.73. The van der Waals surface area contributed by atoms with Gasteiger partial charge < -0.3 is 20.0 Å². The van der Waals surface area contributed by atoms with Gasteiger partial charge in [0.1, 0.15) is 0 Å². The van der Waals surface area contributed by atoms with E-state index in [9.17, 15) is 0 Å². The molecule has 0 spiro atoms. The fraction of sp³-hybridized carbons (Fsp3) is 0.400. The van der Waals surface area contributed by atoms with Gasteiger partial charge in [0.2, 0.25) is 0 Å². The lowest BCUT2D eigenvalue weighted by molar-refractivity contribution is 0.0620. The smallest absolute Gasteiger partial charge is 0.0975 e. The minimum Gasteiger partial charge on any atom is -0.401 e. The molecule has 4 heterocycles. The normalized spacial score (nSPS) is 16.7. The van der Waals surface area contributed by atoms with Crippen molar-refractivity contribution >= 4 is 27.6 Å². The number of allylic oxidation sites excluding steroid dienone is 1. The number of nitrogens with two attached hydrogens (primary N) is 2. The molecular weight excluding hydrogens is 340 g/mol. The molecule has 0 aliphatic carbocycles. The Morgan fingerprint density at radius 1 is 1.30 bits per heavy atom. The molecule has 27 heavy (non-hydrogen) atoms. The SMILES string of the molecule is C/C(N)=C(\c1cnc2c3cnccc3n(CC3CCOCC3)c2c1)N(C)N. The van der Waals surface area contributed by atoms with Gasteiger partial charge in [0.25, 0.3) is 0 Å². The molecule has 0 atom stereocenters. The van der Waals surface area contributed by atoms with Gasteiger partial charge in [0.15, 0.2) is 0 Å². The van der Waals surface area contributed by atoms with Crippen LogP contribution >= 0.6 is 0 Å². The molecule has 0 saturated carbocycles. The van der Waals surface area contributed by atoms with E-state index in [1.165, 1.54) is 0 Å². The van der Waals surface area contributed by atoms with E-state index < -0.39 is 0 Å². The Bertz CT molecular complexity index is 996. The van der Waals surface area contributed by atoms with Gasteiger partial charge in [-0.2, -0.15) is 0 Å². The second kappa shape index (κ2) is 7.17. The third kappa shape index (κ3) is 3.24. The number of ether oxygens (including phenoxy) is 1. The quantitative estimate of drug-likeness (QED) is 0.544. The minimum atomic E-state index is 0.595. The standard InChI is InChI=1S/C20H26N6O/c1-13(21)20(25(2)22)15-9-18-19(24-10-15)16-11-23-6-3-17(16)26(18)12-14-4-7-27-8-5-14/h3,6,9-11,14H,4-5,7-8,12,21-22H2,1-2H3/b20-13-.